The standard InChI is InChI=1S/C19H40/c1-11-15(5)19(14-4,17(6,7)8)16(12-2)18(9,10)13-3/h15-16H,11-14H2,1-10H3. The van der Waals surface area contributed by atoms with Crippen LogP contribution < -0.4 is 0 Å². The van der Waals surface area contributed by atoms with Gasteiger partial charge in [-0.2, -0.15) is 0 Å². The van der Waals surface area contributed by atoms with Crippen LogP contribution in [0.4, 0.5) is 0 Å². The van der Waals surface area contributed by atoms with E-state index in [2.05, 4.69) is 69.2 Å². The second-order valence-corrected chi connectivity index (χ2v) is 8.26. The van der Waals surface area contributed by atoms with Crippen LogP contribution in [0.15, 0.2) is 0 Å². The Balaban J connectivity index is 5.95. The van der Waals surface area contributed by atoms with E-state index in [1.54, 1.807) is 0 Å². The van der Waals surface area contributed by atoms with Crippen LogP contribution in [0.1, 0.15) is 94.9 Å². The lowest BCUT2D eigenvalue weighted by Crippen LogP contribution is -2.51. The maximum Gasteiger partial charge on any atom is -0.0193 e. The van der Waals surface area contributed by atoms with Gasteiger partial charge < -0.3 is 0 Å². The average molecular weight is 269 g/mol. The molecule has 0 aromatic carbocycles. The molecule has 0 saturated heterocycles. The SMILES string of the molecule is CCC(C)C(CC)(C(CC)C(C)(C)CC)C(C)(C)C. The summed E-state index contributed by atoms with van der Waals surface area (Å²) in [6, 6.07) is 0. The van der Waals surface area contributed by atoms with Crippen molar-refractivity contribution in [2.75, 3.05) is 0 Å². The molecule has 0 bridgehead atoms. The minimum Gasteiger partial charge on any atom is -0.0651 e. The number of hydrogen-bond donors (Lipinski definition) is 0. The van der Waals surface area contributed by atoms with Gasteiger partial charge in [0.1, 0.15) is 0 Å². The van der Waals surface area contributed by atoms with Crippen LogP contribution in [0.5, 0.6) is 0 Å². The van der Waals surface area contributed by atoms with Crippen molar-refractivity contribution in [3.63, 3.8) is 0 Å². The van der Waals surface area contributed by atoms with Crippen molar-refractivity contribution in [3.05, 3.63) is 0 Å². The second-order valence-electron chi connectivity index (χ2n) is 8.26. The van der Waals surface area contributed by atoms with Crippen molar-refractivity contribution in [2.24, 2.45) is 28.1 Å². The predicted octanol–water partition coefficient (Wildman–Crippen LogP) is 6.94. The highest BCUT2D eigenvalue weighted by Crippen LogP contribution is 2.60. The van der Waals surface area contributed by atoms with E-state index in [0.29, 0.717) is 16.2 Å². The van der Waals surface area contributed by atoms with E-state index in [9.17, 15) is 0 Å². The summed E-state index contributed by atoms with van der Waals surface area (Å²) in [4.78, 5) is 0. The normalized spacial score (nSPS) is 19.9. The first kappa shape index (κ1) is 19.0. The quantitative estimate of drug-likeness (QED) is 0.469. The highest BCUT2D eigenvalue weighted by atomic mass is 14.6. The van der Waals surface area contributed by atoms with E-state index >= 15 is 0 Å². The van der Waals surface area contributed by atoms with Crippen molar-refractivity contribution in [1.82, 2.24) is 0 Å². The number of hydrogen-bond acceptors (Lipinski definition) is 0. The van der Waals surface area contributed by atoms with E-state index in [1.165, 1.54) is 25.7 Å². The lowest BCUT2D eigenvalue weighted by molar-refractivity contribution is -0.0952. The van der Waals surface area contributed by atoms with Gasteiger partial charge in [0.15, 0.2) is 0 Å². The third-order valence-electron chi connectivity index (χ3n) is 6.36. The van der Waals surface area contributed by atoms with E-state index in [4.69, 9.17) is 0 Å². The van der Waals surface area contributed by atoms with Gasteiger partial charge in [-0.05, 0) is 34.5 Å². The molecule has 3 unspecified atom stereocenters. The summed E-state index contributed by atoms with van der Waals surface area (Å²) in [5, 5.41) is 0. The summed E-state index contributed by atoms with van der Waals surface area (Å²) in [6.07, 6.45) is 5.17. The topological polar surface area (TPSA) is 0 Å². The largest absolute Gasteiger partial charge is 0.0651 e. The molecule has 0 heterocycles. The van der Waals surface area contributed by atoms with Gasteiger partial charge in [0.25, 0.3) is 0 Å². The molecule has 0 heteroatoms. The Morgan fingerprint density at radius 3 is 1.42 bits per heavy atom. The molecule has 3 atom stereocenters. The third kappa shape index (κ3) is 3.37. The van der Waals surface area contributed by atoms with E-state index < -0.39 is 0 Å². The molecule has 0 radical (unpaired) electrons. The van der Waals surface area contributed by atoms with E-state index in [-0.39, 0.29) is 0 Å². The summed E-state index contributed by atoms with van der Waals surface area (Å²) >= 11 is 0. The molecule has 0 aromatic heterocycles. The average Bonchev–Trinajstić information content (AvgIpc) is 2.32. The van der Waals surface area contributed by atoms with Gasteiger partial charge in [0, 0.05) is 0 Å². The van der Waals surface area contributed by atoms with Gasteiger partial charge in [-0.3, -0.25) is 0 Å². The van der Waals surface area contributed by atoms with E-state index in [0.717, 1.165) is 11.8 Å². The second kappa shape index (κ2) is 6.64. The predicted molar refractivity (Wildman–Crippen MR) is 89.5 cm³/mol. The minimum absolute atomic E-state index is 0.365. The fraction of sp³-hybridized carbons (Fsp3) is 1.00. The van der Waals surface area contributed by atoms with Crippen molar-refractivity contribution in [3.8, 4) is 0 Å². The van der Waals surface area contributed by atoms with Gasteiger partial charge in [-0.1, -0.05) is 88.5 Å². The molecule has 116 valence electrons. The van der Waals surface area contributed by atoms with Crippen molar-refractivity contribution in [2.45, 2.75) is 94.9 Å². The smallest absolute Gasteiger partial charge is 0.0193 e. The Bertz CT molecular complexity index is 256. The molecule has 0 aromatic rings. The van der Waals surface area contributed by atoms with Crippen LogP contribution in [0, 0.1) is 28.1 Å². The van der Waals surface area contributed by atoms with Gasteiger partial charge >= 0.3 is 0 Å². The molecular formula is C19H40. The highest BCUT2D eigenvalue weighted by molar-refractivity contribution is 5.01. The Hall–Kier alpha value is 0. The van der Waals surface area contributed by atoms with Crippen LogP contribution in [-0.2, 0) is 0 Å². The highest BCUT2D eigenvalue weighted by Gasteiger charge is 2.52. The fourth-order valence-corrected chi connectivity index (χ4v) is 4.96. The summed E-state index contributed by atoms with van der Waals surface area (Å²) < 4.78 is 0. The summed E-state index contributed by atoms with van der Waals surface area (Å²) in [5.74, 6) is 1.58. The fourth-order valence-electron chi connectivity index (χ4n) is 4.96. The zero-order valence-electron chi connectivity index (χ0n) is 15.5. The Labute approximate surface area is 123 Å². The van der Waals surface area contributed by atoms with Gasteiger partial charge in [-0.25, -0.2) is 0 Å². The van der Waals surface area contributed by atoms with Crippen molar-refractivity contribution in [1.29, 1.82) is 0 Å². The van der Waals surface area contributed by atoms with Crippen molar-refractivity contribution >= 4 is 0 Å². The van der Waals surface area contributed by atoms with Gasteiger partial charge in [-0.15, -0.1) is 0 Å². The molecular weight excluding hydrogens is 228 g/mol. The zero-order valence-corrected chi connectivity index (χ0v) is 15.5. The molecule has 0 aliphatic rings. The maximum absolute atomic E-state index is 2.49. The Kier molecular flexibility index (Phi) is 6.64. The van der Waals surface area contributed by atoms with Crippen LogP contribution in [-0.4, -0.2) is 0 Å². The van der Waals surface area contributed by atoms with Crippen molar-refractivity contribution < 1.29 is 0 Å². The van der Waals surface area contributed by atoms with Gasteiger partial charge in [0.05, 0.1) is 0 Å². The molecule has 0 fully saturated rings. The Morgan fingerprint density at radius 1 is 0.737 bits per heavy atom. The van der Waals surface area contributed by atoms with Crippen LogP contribution in [0.2, 0.25) is 0 Å². The first-order valence-electron chi connectivity index (χ1n) is 8.55. The molecule has 0 saturated carbocycles. The summed E-state index contributed by atoms with van der Waals surface area (Å²) in [7, 11) is 0. The lowest BCUT2D eigenvalue weighted by atomic mass is 9.47. The van der Waals surface area contributed by atoms with E-state index in [1.807, 2.05) is 0 Å². The molecule has 0 rings (SSSR count). The minimum atomic E-state index is 0.365. The molecule has 0 aliphatic carbocycles. The summed E-state index contributed by atoms with van der Waals surface area (Å²) in [6.45, 7) is 24.4. The molecule has 0 amide bonds. The first-order valence-corrected chi connectivity index (χ1v) is 8.55. The molecule has 0 aliphatic heterocycles. The first-order chi connectivity index (χ1) is 8.55. The molecule has 0 spiro atoms. The maximum atomic E-state index is 2.49. The molecule has 19 heavy (non-hydrogen) atoms. The Morgan fingerprint density at radius 2 is 1.21 bits per heavy atom. The van der Waals surface area contributed by atoms with Crippen LogP contribution >= 0.6 is 0 Å². The van der Waals surface area contributed by atoms with Crippen LogP contribution in [0.25, 0.3) is 0 Å². The number of rotatable bonds is 7. The van der Waals surface area contributed by atoms with Gasteiger partial charge in [0.2, 0.25) is 0 Å². The molecule has 0 nitrogen and oxygen atoms in total. The lowest BCUT2D eigenvalue weighted by Gasteiger charge is -2.58. The zero-order chi connectivity index (χ0) is 15.5. The van der Waals surface area contributed by atoms with Crippen LogP contribution in [0.3, 0.4) is 0 Å². The monoisotopic (exact) mass is 268 g/mol. The summed E-state index contributed by atoms with van der Waals surface area (Å²) in [5.41, 5.74) is 1.24. The third-order valence-corrected chi connectivity index (χ3v) is 6.36. The molecule has 0 N–H and O–H groups in total.